The number of carbonyl (C=O) groups excluding carboxylic acids is 1. The highest BCUT2D eigenvalue weighted by atomic mass is 16.3. The van der Waals surface area contributed by atoms with Crippen molar-refractivity contribution in [3.8, 4) is 5.75 Å². The smallest absolute Gasteiger partial charge is 0.239 e. The Morgan fingerprint density at radius 1 is 1.47 bits per heavy atom. The molecule has 1 unspecified atom stereocenters. The highest BCUT2D eigenvalue weighted by molar-refractivity contribution is 5.82. The molecular weight excluding hydrogens is 192 g/mol. The van der Waals surface area contributed by atoms with Gasteiger partial charge in [0.05, 0.1) is 0 Å². The predicted molar refractivity (Wildman–Crippen MR) is 56.2 cm³/mol. The third kappa shape index (κ3) is 2.27. The largest absolute Gasteiger partial charge is 0.508 e. The Morgan fingerprint density at radius 3 is 2.67 bits per heavy atom. The minimum atomic E-state index is -0.585. The van der Waals surface area contributed by atoms with Crippen molar-refractivity contribution < 1.29 is 9.90 Å². The summed E-state index contributed by atoms with van der Waals surface area (Å²) in [6, 6.07) is 6.54. The van der Waals surface area contributed by atoms with E-state index in [1.165, 1.54) is 0 Å². The lowest BCUT2D eigenvalue weighted by atomic mass is 10.1. The normalized spacial score (nSPS) is 17.3. The molecule has 15 heavy (non-hydrogen) atoms. The quantitative estimate of drug-likeness (QED) is 0.677. The molecule has 0 bridgehead atoms. The second-order valence-corrected chi connectivity index (χ2v) is 3.84. The lowest BCUT2D eigenvalue weighted by Crippen LogP contribution is -2.34. The lowest BCUT2D eigenvalue weighted by Gasteiger charge is -2.16. The molecular formula is C11H14N2O2. The molecule has 0 radical (unpaired) electrons. The van der Waals surface area contributed by atoms with Crippen LogP contribution in [0.4, 0.5) is 0 Å². The van der Waals surface area contributed by atoms with Gasteiger partial charge in [-0.05, 0) is 18.9 Å². The van der Waals surface area contributed by atoms with Crippen LogP contribution in [0, 0.1) is 0 Å². The molecule has 80 valence electrons. The van der Waals surface area contributed by atoms with Gasteiger partial charge in [0.2, 0.25) is 5.91 Å². The van der Waals surface area contributed by atoms with Crippen LogP contribution in [0.5, 0.6) is 5.75 Å². The fourth-order valence-corrected chi connectivity index (χ4v) is 1.54. The molecule has 2 rings (SSSR count). The summed E-state index contributed by atoms with van der Waals surface area (Å²) in [5.74, 6) is -0.349. The molecule has 0 spiro atoms. The first-order chi connectivity index (χ1) is 7.18. The summed E-state index contributed by atoms with van der Waals surface area (Å²) in [6.07, 6.45) is 2.13. The number of amides is 1. The van der Waals surface area contributed by atoms with Gasteiger partial charge in [-0.2, -0.15) is 0 Å². The van der Waals surface area contributed by atoms with Crippen LogP contribution in [0.25, 0.3) is 0 Å². The van der Waals surface area contributed by atoms with Crippen molar-refractivity contribution in [2.24, 2.45) is 5.73 Å². The fraction of sp³-hybridized carbons (Fsp3) is 0.364. The lowest BCUT2D eigenvalue weighted by molar-refractivity contribution is -0.120. The van der Waals surface area contributed by atoms with Gasteiger partial charge >= 0.3 is 0 Å². The van der Waals surface area contributed by atoms with Gasteiger partial charge in [0.15, 0.2) is 0 Å². The maximum absolute atomic E-state index is 11.3. The zero-order valence-electron chi connectivity index (χ0n) is 8.31. The molecule has 4 heteroatoms. The molecule has 0 heterocycles. The molecule has 0 aromatic heterocycles. The minimum Gasteiger partial charge on any atom is -0.508 e. The summed E-state index contributed by atoms with van der Waals surface area (Å²) in [7, 11) is 0. The van der Waals surface area contributed by atoms with Gasteiger partial charge in [0.25, 0.3) is 0 Å². The van der Waals surface area contributed by atoms with Crippen LogP contribution in [0.15, 0.2) is 24.3 Å². The van der Waals surface area contributed by atoms with Crippen LogP contribution in [0.1, 0.15) is 24.4 Å². The van der Waals surface area contributed by atoms with Crippen molar-refractivity contribution in [3.63, 3.8) is 0 Å². The molecule has 1 aromatic carbocycles. The van der Waals surface area contributed by atoms with Gasteiger partial charge in [-0.25, -0.2) is 0 Å². The van der Waals surface area contributed by atoms with E-state index in [1.807, 2.05) is 0 Å². The monoisotopic (exact) mass is 206 g/mol. The first-order valence-electron chi connectivity index (χ1n) is 5.01. The summed E-state index contributed by atoms with van der Waals surface area (Å²) in [5.41, 5.74) is 5.85. The molecule has 4 N–H and O–H groups in total. The number of hydrogen-bond acceptors (Lipinski definition) is 3. The number of phenols is 1. The van der Waals surface area contributed by atoms with Gasteiger partial charge in [-0.3, -0.25) is 10.1 Å². The molecule has 1 saturated carbocycles. The van der Waals surface area contributed by atoms with Crippen molar-refractivity contribution in [3.05, 3.63) is 29.8 Å². The van der Waals surface area contributed by atoms with E-state index in [9.17, 15) is 9.90 Å². The topological polar surface area (TPSA) is 75.4 Å². The number of carbonyl (C=O) groups is 1. The predicted octanol–water partition coefficient (Wildman–Crippen LogP) is 0.671. The number of hydrogen-bond donors (Lipinski definition) is 3. The van der Waals surface area contributed by atoms with Crippen LogP contribution in [-0.4, -0.2) is 17.1 Å². The minimum absolute atomic E-state index is 0.106. The highest BCUT2D eigenvalue weighted by Gasteiger charge is 2.29. The molecule has 1 atom stereocenters. The van der Waals surface area contributed by atoms with Crippen LogP contribution >= 0.6 is 0 Å². The second kappa shape index (κ2) is 3.90. The Labute approximate surface area is 88.1 Å². The van der Waals surface area contributed by atoms with Crippen LogP contribution in [0.3, 0.4) is 0 Å². The van der Waals surface area contributed by atoms with Crippen LogP contribution < -0.4 is 11.1 Å². The second-order valence-electron chi connectivity index (χ2n) is 3.84. The number of aromatic hydroxyl groups is 1. The first kappa shape index (κ1) is 9.98. The average molecular weight is 206 g/mol. The number of benzene rings is 1. The van der Waals surface area contributed by atoms with E-state index < -0.39 is 11.9 Å². The van der Waals surface area contributed by atoms with Crippen molar-refractivity contribution in [2.75, 3.05) is 0 Å². The fourth-order valence-electron chi connectivity index (χ4n) is 1.54. The molecule has 1 aliphatic carbocycles. The zero-order chi connectivity index (χ0) is 10.8. The van der Waals surface area contributed by atoms with Crippen molar-refractivity contribution in [1.29, 1.82) is 0 Å². The molecule has 0 saturated heterocycles. The average Bonchev–Trinajstić information content (AvgIpc) is 2.99. The van der Waals surface area contributed by atoms with E-state index in [-0.39, 0.29) is 5.75 Å². The molecule has 1 aliphatic rings. The Bertz CT molecular complexity index is 375. The number of nitrogens with one attached hydrogen (secondary N) is 1. The van der Waals surface area contributed by atoms with Gasteiger partial charge in [-0.1, -0.05) is 18.2 Å². The van der Waals surface area contributed by atoms with E-state index in [2.05, 4.69) is 5.32 Å². The zero-order valence-corrected chi connectivity index (χ0v) is 8.31. The Kier molecular flexibility index (Phi) is 2.60. The summed E-state index contributed by atoms with van der Waals surface area (Å²) in [5, 5.41) is 12.7. The molecule has 1 aromatic rings. The van der Waals surface area contributed by atoms with E-state index in [1.54, 1.807) is 24.3 Å². The van der Waals surface area contributed by atoms with Crippen LogP contribution in [0.2, 0.25) is 0 Å². The maximum Gasteiger partial charge on any atom is 0.239 e. The third-order valence-corrected chi connectivity index (χ3v) is 2.51. The Hall–Kier alpha value is -1.55. The van der Waals surface area contributed by atoms with Gasteiger partial charge in [0.1, 0.15) is 11.8 Å². The first-order valence-corrected chi connectivity index (χ1v) is 5.01. The van der Waals surface area contributed by atoms with E-state index >= 15 is 0 Å². The van der Waals surface area contributed by atoms with Crippen molar-refractivity contribution in [2.45, 2.75) is 24.9 Å². The molecule has 1 fully saturated rings. The van der Waals surface area contributed by atoms with Gasteiger partial charge in [0, 0.05) is 11.6 Å². The molecule has 4 nitrogen and oxygen atoms in total. The van der Waals surface area contributed by atoms with Gasteiger partial charge < -0.3 is 10.8 Å². The SMILES string of the molecule is NC(=O)C(NC1CC1)c1ccccc1O. The van der Waals surface area contributed by atoms with E-state index in [0.29, 0.717) is 11.6 Å². The number of rotatable bonds is 4. The van der Waals surface area contributed by atoms with Crippen molar-refractivity contribution in [1.82, 2.24) is 5.32 Å². The standard InChI is InChI=1S/C11H14N2O2/c12-11(15)10(13-7-5-6-7)8-3-1-2-4-9(8)14/h1-4,7,10,13-14H,5-6H2,(H2,12,15). The van der Waals surface area contributed by atoms with Crippen LogP contribution in [-0.2, 0) is 4.79 Å². The molecule has 1 amide bonds. The number of nitrogens with two attached hydrogens (primary N) is 1. The highest BCUT2D eigenvalue weighted by Crippen LogP contribution is 2.28. The summed E-state index contributed by atoms with van der Waals surface area (Å²) >= 11 is 0. The maximum atomic E-state index is 11.3. The van der Waals surface area contributed by atoms with Gasteiger partial charge in [-0.15, -0.1) is 0 Å². The summed E-state index contributed by atoms with van der Waals surface area (Å²) < 4.78 is 0. The summed E-state index contributed by atoms with van der Waals surface area (Å²) in [6.45, 7) is 0. The van der Waals surface area contributed by atoms with Crippen molar-refractivity contribution >= 4 is 5.91 Å². The number of primary amides is 1. The molecule has 0 aliphatic heterocycles. The Morgan fingerprint density at radius 2 is 2.13 bits per heavy atom. The number of phenolic OH excluding ortho intramolecular Hbond substituents is 1. The Balaban J connectivity index is 2.22. The van der Waals surface area contributed by atoms with E-state index in [0.717, 1.165) is 12.8 Å². The van der Waals surface area contributed by atoms with E-state index in [4.69, 9.17) is 5.73 Å². The third-order valence-electron chi connectivity index (χ3n) is 2.51. The number of para-hydroxylation sites is 1. The summed E-state index contributed by atoms with van der Waals surface area (Å²) in [4.78, 5) is 11.3.